The summed E-state index contributed by atoms with van der Waals surface area (Å²) in [6.45, 7) is 6.63. The lowest BCUT2D eigenvalue weighted by atomic mass is 10.2. The maximum Gasteiger partial charge on any atom is 0.254 e. The summed E-state index contributed by atoms with van der Waals surface area (Å²) < 4.78 is 7.07. The van der Waals surface area contributed by atoms with Crippen LogP contribution in [0.15, 0.2) is 37.1 Å². The highest BCUT2D eigenvalue weighted by Gasteiger charge is 2.23. The van der Waals surface area contributed by atoms with Crippen LogP contribution in [0.2, 0.25) is 0 Å². The molecule has 1 fully saturated rings. The molecule has 4 heterocycles. The molecule has 0 bridgehead atoms. The highest BCUT2D eigenvalue weighted by atomic mass is 16.5. The van der Waals surface area contributed by atoms with Gasteiger partial charge in [0.1, 0.15) is 24.3 Å². The largest absolute Gasteiger partial charge is 0.481 e. The van der Waals surface area contributed by atoms with E-state index in [4.69, 9.17) is 4.74 Å². The van der Waals surface area contributed by atoms with Crippen molar-refractivity contribution in [2.45, 2.75) is 13.8 Å². The number of amides is 1. The third-order valence-corrected chi connectivity index (χ3v) is 5.22. The van der Waals surface area contributed by atoms with E-state index in [0.29, 0.717) is 37.6 Å². The number of piperazine rings is 1. The first kappa shape index (κ1) is 18.9. The molecule has 0 N–H and O–H groups in total. The third-order valence-electron chi connectivity index (χ3n) is 5.22. The second-order valence-corrected chi connectivity index (χ2v) is 6.89. The van der Waals surface area contributed by atoms with E-state index in [-0.39, 0.29) is 5.91 Å². The monoisotopic (exact) mass is 393 g/mol. The molecular formula is C20H23N7O2. The van der Waals surface area contributed by atoms with Crippen LogP contribution in [0.5, 0.6) is 5.88 Å². The van der Waals surface area contributed by atoms with Crippen LogP contribution in [-0.2, 0) is 0 Å². The van der Waals surface area contributed by atoms with Gasteiger partial charge in [-0.3, -0.25) is 9.36 Å². The lowest BCUT2D eigenvalue weighted by molar-refractivity contribution is 0.0746. The highest BCUT2D eigenvalue weighted by Crippen LogP contribution is 2.19. The summed E-state index contributed by atoms with van der Waals surface area (Å²) in [6, 6.07) is 5.34. The van der Waals surface area contributed by atoms with Gasteiger partial charge in [-0.15, -0.1) is 0 Å². The molecule has 9 nitrogen and oxygen atoms in total. The molecular weight excluding hydrogens is 370 g/mol. The van der Waals surface area contributed by atoms with Gasteiger partial charge in [0.05, 0.1) is 12.8 Å². The first-order valence-electron chi connectivity index (χ1n) is 9.44. The maximum absolute atomic E-state index is 12.8. The number of imidazole rings is 1. The number of anilines is 1. The normalized spacial score (nSPS) is 14.2. The summed E-state index contributed by atoms with van der Waals surface area (Å²) in [4.78, 5) is 34.0. The highest BCUT2D eigenvalue weighted by molar-refractivity contribution is 5.94. The summed E-state index contributed by atoms with van der Waals surface area (Å²) in [6.07, 6.45) is 4.93. The van der Waals surface area contributed by atoms with Crippen LogP contribution in [0.4, 0.5) is 5.82 Å². The zero-order valence-corrected chi connectivity index (χ0v) is 16.7. The van der Waals surface area contributed by atoms with Crippen molar-refractivity contribution in [2.75, 3.05) is 38.2 Å². The van der Waals surface area contributed by atoms with E-state index in [9.17, 15) is 4.79 Å². The number of hydrogen-bond donors (Lipinski definition) is 0. The van der Waals surface area contributed by atoms with Gasteiger partial charge in [0, 0.05) is 55.8 Å². The summed E-state index contributed by atoms with van der Waals surface area (Å²) in [7, 11) is 1.54. The number of aryl methyl sites for hydroxylation is 1. The molecule has 1 aliphatic heterocycles. The molecule has 0 aliphatic carbocycles. The van der Waals surface area contributed by atoms with Crippen molar-refractivity contribution in [2.24, 2.45) is 0 Å². The number of carbonyl (C=O) groups is 1. The summed E-state index contributed by atoms with van der Waals surface area (Å²) in [5.41, 5.74) is 2.61. The average molecular weight is 393 g/mol. The molecule has 0 atom stereocenters. The van der Waals surface area contributed by atoms with Gasteiger partial charge in [-0.1, -0.05) is 0 Å². The third kappa shape index (κ3) is 3.75. The molecule has 3 aromatic rings. The Bertz CT molecular complexity index is 1030. The number of pyridine rings is 1. The quantitative estimate of drug-likeness (QED) is 0.666. The van der Waals surface area contributed by atoms with E-state index in [2.05, 4.69) is 24.8 Å². The standard InChI is InChI=1S/C20H23N7O2/c1-14-15(2)27(13-24-14)18-11-17(22-12-23-18)25-6-8-26(9-7-25)20(28)16-4-5-21-19(10-16)29-3/h4-5,10-13H,6-9H2,1-3H3. The molecule has 0 unspecified atom stereocenters. The van der Waals surface area contributed by atoms with Crippen LogP contribution in [0, 0.1) is 13.8 Å². The molecule has 9 heteroatoms. The Labute approximate surface area is 169 Å². The Morgan fingerprint density at radius 1 is 1.00 bits per heavy atom. The minimum atomic E-state index is -0.0155. The van der Waals surface area contributed by atoms with E-state index in [1.54, 1.807) is 31.0 Å². The maximum atomic E-state index is 12.8. The second kappa shape index (κ2) is 7.86. The van der Waals surface area contributed by atoms with Crippen LogP contribution in [0.1, 0.15) is 21.7 Å². The molecule has 29 heavy (non-hydrogen) atoms. The Hall–Kier alpha value is -3.49. The fourth-order valence-electron chi connectivity index (χ4n) is 3.35. The van der Waals surface area contributed by atoms with E-state index < -0.39 is 0 Å². The van der Waals surface area contributed by atoms with Crippen LogP contribution in [0.25, 0.3) is 5.82 Å². The van der Waals surface area contributed by atoms with Gasteiger partial charge < -0.3 is 14.5 Å². The zero-order valence-electron chi connectivity index (χ0n) is 16.7. The van der Waals surface area contributed by atoms with Gasteiger partial charge >= 0.3 is 0 Å². The molecule has 150 valence electrons. The van der Waals surface area contributed by atoms with Crippen LogP contribution in [-0.4, -0.2) is 68.6 Å². The van der Waals surface area contributed by atoms with Crippen molar-refractivity contribution >= 4 is 11.7 Å². The molecule has 3 aromatic heterocycles. The predicted molar refractivity (Wildman–Crippen MR) is 108 cm³/mol. The topological polar surface area (TPSA) is 89.3 Å². The minimum Gasteiger partial charge on any atom is -0.481 e. The van der Waals surface area contributed by atoms with Crippen molar-refractivity contribution in [3.05, 3.63) is 54.0 Å². The van der Waals surface area contributed by atoms with Crippen molar-refractivity contribution < 1.29 is 9.53 Å². The van der Waals surface area contributed by atoms with Gasteiger partial charge in [0.2, 0.25) is 5.88 Å². The smallest absolute Gasteiger partial charge is 0.254 e. The number of hydrogen-bond acceptors (Lipinski definition) is 7. The molecule has 0 aromatic carbocycles. The summed E-state index contributed by atoms with van der Waals surface area (Å²) >= 11 is 0. The molecule has 0 saturated carbocycles. The van der Waals surface area contributed by atoms with Crippen LogP contribution >= 0.6 is 0 Å². The van der Waals surface area contributed by atoms with E-state index in [1.807, 2.05) is 29.4 Å². The van der Waals surface area contributed by atoms with Gasteiger partial charge in [0.15, 0.2) is 0 Å². The number of carbonyl (C=O) groups excluding carboxylic acids is 1. The number of nitrogens with zero attached hydrogens (tertiary/aromatic N) is 7. The first-order valence-corrected chi connectivity index (χ1v) is 9.44. The van der Waals surface area contributed by atoms with E-state index in [1.165, 1.54) is 7.11 Å². The lowest BCUT2D eigenvalue weighted by Crippen LogP contribution is -2.49. The Morgan fingerprint density at radius 3 is 2.45 bits per heavy atom. The van der Waals surface area contributed by atoms with Crippen LogP contribution < -0.4 is 9.64 Å². The first-order chi connectivity index (χ1) is 14.1. The van der Waals surface area contributed by atoms with Gasteiger partial charge in [0.25, 0.3) is 5.91 Å². The number of methoxy groups -OCH3 is 1. The Balaban J connectivity index is 1.45. The molecule has 1 amide bonds. The van der Waals surface area contributed by atoms with Gasteiger partial charge in [-0.2, -0.15) is 0 Å². The second-order valence-electron chi connectivity index (χ2n) is 6.89. The summed E-state index contributed by atoms with van der Waals surface area (Å²) in [5.74, 6) is 2.06. The lowest BCUT2D eigenvalue weighted by Gasteiger charge is -2.35. The molecule has 1 saturated heterocycles. The van der Waals surface area contributed by atoms with Crippen molar-refractivity contribution in [1.29, 1.82) is 0 Å². The zero-order chi connectivity index (χ0) is 20.4. The van der Waals surface area contributed by atoms with Crippen molar-refractivity contribution in [1.82, 2.24) is 29.4 Å². The molecule has 0 spiro atoms. The van der Waals surface area contributed by atoms with Gasteiger partial charge in [-0.05, 0) is 19.9 Å². The van der Waals surface area contributed by atoms with E-state index in [0.717, 1.165) is 23.0 Å². The number of ether oxygens (including phenoxy) is 1. The fourth-order valence-corrected chi connectivity index (χ4v) is 3.35. The van der Waals surface area contributed by atoms with Crippen molar-refractivity contribution in [3.8, 4) is 11.7 Å². The van der Waals surface area contributed by atoms with Crippen LogP contribution in [0.3, 0.4) is 0 Å². The van der Waals surface area contributed by atoms with Gasteiger partial charge in [-0.25, -0.2) is 19.9 Å². The Kier molecular flexibility index (Phi) is 5.11. The molecule has 0 radical (unpaired) electrons. The molecule has 1 aliphatic rings. The van der Waals surface area contributed by atoms with E-state index >= 15 is 0 Å². The van der Waals surface area contributed by atoms with Crippen molar-refractivity contribution in [3.63, 3.8) is 0 Å². The molecule has 4 rings (SSSR count). The SMILES string of the molecule is COc1cc(C(=O)N2CCN(c3cc(-n4cnc(C)c4C)ncn3)CC2)ccn1. The summed E-state index contributed by atoms with van der Waals surface area (Å²) in [5, 5.41) is 0. The minimum absolute atomic E-state index is 0.0155. The Morgan fingerprint density at radius 2 is 1.76 bits per heavy atom. The number of aromatic nitrogens is 5. The fraction of sp³-hybridized carbons (Fsp3) is 0.350. The predicted octanol–water partition coefficient (Wildman–Crippen LogP) is 1.65. The number of rotatable bonds is 4. The average Bonchev–Trinajstić information content (AvgIpc) is 3.12.